The minimum atomic E-state index is -0.300. The molecule has 0 saturated carbocycles. The van der Waals surface area contributed by atoms with Crippen LogP contribution in [-0.4, -0.2) is 15.0 Å². The number of hydrogen-bond acceptors (Lipinski definition) is 3. The van der Waals surface area contributed by atoms with E-state index in [-0.39, 0.29) is 46.5 Å². The maximum absolute atomic E-state index is 13.5. The lowest BCUT2D eigenvalue weighted by Gasteiger charge is -2.20. The van der Waals surface area contributed by atoms with Crippen molar-refractivity contribution in [2.45, 2.75) is 140 Å². The number of halogens is 5. The predicted octanol–water partition coefficient (Wildman–Crippen LogP) is 13.9. The molecule has 0 saturated heterocycles. The van der Waals surface area contributed by atoms with Gasteiger partial charge < -0.3 is 0 Å². The van der Waals surface area contributed by atoms with Gasteiger partial charge in [-0.15, -0.1) is 0 Å². The fraction of sp³-hybridized carbons (Fsp3) is 0.500. The summed E-state index contributed by atoms with van der Waals surface area (Å²) in [4.78, 5) is 12.9. The first-order chi connectivity index (χ1) is 22.0. The van der Waals surface area contributed by atoms with E-state index in [0.29, 0.717) is 4.60 Å². The van der Waals surface area contributed by atoms with Gasteiger partial charge in [0.2, 0.25) is 0 Å². The molecule has 4 rings (SSSR count). The van der Waals surface area contributed by atoms with Gasteiger partial charge in [0.25, 0.3) is 0 Å². The Morgan fingerprint density at radius 2 is 1.08 bits per heavy atom. The molecular weight excluding hydrogens is 763 g/mol. The summed E-state index contributed by atoms with van der Waals surface area (Å²) < 4.78 is 40.7. The van der Waals surface area contributed by atoms with Crippen LogP contribution in [0, 0.1) is 45.1 Å². The lowest BCUT2D eigenvalue weighted by molar-refractivity contribution is 0.518. The van der Waals surface area contributed by atoms with E-state index >= 15 is 0 Å². The summed E-state index contributed by atoms with van der Waals surface area (Å²) in [6.45, 7) is 32.4. The van der Waals surface area contributed by atoms with Crippen LogP contribution in [0.15, 0.2) is 57.7 Å². The van der Waals surface area contributed by atoms with Gasteiger partial charge in [-0.25, -0.2) is 23.1 Å². The van der Waals surface area contributed by atoms with Gasteiger partial charge in [0.05, 0.1) is 5.69 Å². The van der Waals surface area contributed by atoms with E-state index in [9.17, 15) is 13.2 Å². The van der Waals surface area contributed by atoms with E-state index in [1.54, 1.807) is 19.9 Å². The number of pyridine rings is 3. The van der Waals surface area contributed by atoms with Gasteiger partial charge in [-0.3, -0.25) is 4.98 Å². The van der Waals surface area contributed by atoms with Crippen molar-refractivity contribution < 1.29 is 13.2 Å². The minimum absolute atomic E-state index is 0. The van der Waals surface area contributed by atoms with Crippen molar-refractivity contribution in [2.24, 2.45) is 0 Å². The van der Waals surface area contributed by atoms with Crippen molar-refractivity contribution in [2.75, 3.05) is 0 Å². The molecule has 1 aromatic carbocycles. The lowest BCUT2D eigenvalue weighted by atomic mass is 9.86. The average molecular weight is 824 g/mol. The number of aryl methyl sites for hydroxylation is 4. The van der Waals surface area contributed by atoms with Gasteiger partial charge in [0.15, 0.2) is 5.82 Å². The summed E-state index contributed by atoms with van der Waals surface area (Å²) in [5.41, 5.74) is 7.19. The number of rotatable bonds is 0. The van der Waals surface area contributed by atoms with Gasteiger partial charge in [-0.05, 0) is 118 Å². The molecule has 0 spiro atoms. The molecule has 0 aliphatic heterocycles. The fourth-order valence-electron chi connectivity index (χ4n) is 4.56. The fourth-order valence-corrected chi connectivity index (χ4v) is 5.41. The molecule has 0 N–H and O–H groups in total. The summed E-state index contributed by atoms with van der Waals surface area (Å²) in [6.07, 6.45) is 0. The molecule has 278 valence electrons. The SMILES string of the molecule is C.Cc1cc(Br)nc(C(C)(C)C)c1.Cc1cc(F)c(Br)nc1C(C)(C)C.Cc1cc(F)cc(C(C)(C)C)n1.Cc1cccc(C(C)(C)C)c1F. The summed E-state index contributed by atoms with van der Waals surface area (Å²) in [5.74, 6) is -0.567. The van der Waals surface area contributed by atoms with Crippen LogP contribution in [0.25, 0.3) is 0 Å². The largest absolute Gasteiger partial charge is 0.257 e. The molecule has 50 heavy (non-hydrogen) atoms. The summed E-state index contributed by atoms with van der Waals surface area (Å²) in [7, 11) is 0. The van der Waals surface area contributed by atoms with Crippen LogP contribution in [0.2, 0.25) is 0 Å². The number of hydrogen-bond donors (Lipinski definition) is 0. The molecule has 4 aromatic rings. The Bertz CT molecular complexity index is 1590. The zero-order valence-corrected chi connectivity index (χ0v) is 35.5. The zero-order chi connectivity index (χ0) is 38.3. The Kier molecular flexibility index (Phi) is 17.8. The van der Waals surface area contributed by atoms with Crippen molar-refractivity contribution in [1.82, 2.24) is 15.0 Å². The summed E-state index contributed by atoms with van der Waals surface area (Å²) >= 11 is 6.48. The highest BCUT2D eigenvalue weighted by atomic mass is 79.9. The van der Waals surface area contributed by atoms with Crippen molar-refractivity contribution in [3.05, 3.63) is 120 Å². The van der Waals surface area contributed by atoms with Crippen LogP contribution in [0.4, 0.5) is 13.2 Å². The molecule has 3 nitrogen and oxygen atoms in total. The third-order valence-electron chi connectivity index (χ3n) is 7.23. The van der Waals surface area contributed by atoms with E-state index in [1.807, 2.05) is 66.7 Å². The first-order valence-electron chi connectivity index (χ1n) is 16.4. The number of aromatic nitrogens is 3. The molecular formula is C42H60Br2F3N3. The molecule has 0 atom stereocenters. The third kappa shape index (κ3) is 15.8. The Labute approximate surface area is 318 Å². The lowest BCUT2D eigenvalue weighted by Crippen LogP contribution is -2.16. The summed E-state index contributed by atoms with van der Waals surface area (Å²) in [6, 6.07) is 14.1. The van der Waals surface area contributed by atoms with Gasteiger partial charge in [0.1, 0.15) is 20.8 Å². The van der Waals surface area contributed by atoms with Crippen LogP contribution in [0.1, 0.15) is 136 Å². The van der Waals surface area contributed by atoms with Gasteiger partial charge in [0, 0.05) is 33.3 Å². The molecule has 0 unspecified atom stereocenters. The molecule has 0 amide bonds. The third-order valence-corrected chi connectivity index (χ3v) is 8.19. The molecule has 3 aromatic heterocycles. The average Bonchev–Trinajstić information content (AvgIpc) is 2.90. The standard InChI is InChI=1S/C11H15F.C10H13BrFN.C10H14BrN.C10H14FN.CH4/c1-8-6-5-7-9(10(8)12)11(2,3)4;1-6-5-7(12)9(11)13-8(6)10(2,3)4;1-7-5-8(10(2,3)4)12-9(11)6-7;1-7-5-8(11)6-9(12-7)10(2,3)4;/h5-7H,1-4H3;5H,1-4H3;2*5-6H,1-4H3;1H4. The number of benzene rings is 1. The highest BCUT2D eigenvalue weighted by Gasteiger charge is 2.21. The van der Waals surface area contributed by atoms with Crippen molar-refractivity contribution in [3.63, 3.8) is 0 Å². The van der Waals surface area contributed by atoms with Gasteiger partial charge >= 0.3 is 0 Å². The minimum Gasteiger partial charge on any atom is -0.257 e. The molecule has 0 radical (unpaired) electrons. The molecule has 3 heterocycles. The predicted molar refractivity (Wildman–Crippen MR) is 215 cm³/mol. The van der Waals surface area contributed by atoms with Crippen LogP contribution in [-0.2, 0) is 21.7 Å². The van der Waals surface area contributed by atoms with Crippen molar-refractivity contribution >= 4 is 31.9 Å². The van der Waals surface area contributed by atoms with Gasteiger partial charge in [-0.1, -0.05) is 109 Å². The maximum atomic E-state index is 13.5. The smallest absolute Gasteiger partial charge is 0.156 e. The van der Waals surface area contributed by atoms with Crippen LogP contribution in [0.5, 0.6) is 0 Å². The van der Waals surface area contributed by atoms with Crippen LogP contribution < -0.4 is 0 Å². The quantitative estimate of drug-likeness (QED) is 0.166. The topological polar surface area (TPSA) is 38.7 Å². The molecule has 0 aliphatic rings. The van der Waals surface area contributed by atoms with Gasteiger partial charge in [-0.2, -0.15) is 0 Å². The second-order valence-corrected chi connectivity index (χ2v) is 18.1. The van der Waals surface area contributed by atoms with E-state index in [2.05, 4.69) is 101 Å². The Morgan fingerprint density at radius 1 is 0.560 bits per heavy atom. The second-order valence-electron chi connectivity index (χ2n) is 16.5. The second kappa shape index (κ2) is 18.8. The monoisotopic (exact) mass is 821 g/mol. The Morgan fingerprint density at radius 3 is 1.50 bits per heavy atom. The normalized spacial score (nSPS) is 11.5. The first kappa shape index (κ1) is 47.4. The van der Waals surface area contributed by atoms with Crippen molar-refractivity contribution in [3.8, 4) is 0 Å². The highest BCUT2D eigenvalue weighted by Crippen LogP contribution is 2.28. The Hall–Kier alpha value is -2.58. The van der Waals surface area contributed by atoms with Crippen molar-refractivity contribution in [1.29, 1.82) is 0 Å². The van der Waals surface area contributed by atoms with Crippen LogP contribution in [0.3, 0.4) is 0 Å². The highest BCUT2D eigenvalue weighted by molar-refractivity contribution is 9.10. The first-order valence-corrected chi connectivity index (χ1v) is 18.0. The molecule has 0 bridgehead atoms. The molecule has 0 fully saturated rings. The van der Waals surface area contributed by atoms with Crippen LogP contribution >= 0.6 is 31.9 Å². The van der Waals surface area contributed by atoms with E-state index in [0.717, 1.165) is 44.1 Å². The summed E-state index contributed by atoms with van der Waals surface area (Å²) in [5, 5.41) is 0. The number of nitrogens with zero attached hydrogens (tertiary/aromatic N) is 3. The van der Waals surface area contributed by atoms with E-state index in [1.165, 1.54) is 23.8 Å². The zero-order valence-electron chi connectivity index (χ0n) is 32.4. The maximum Gasteiger partial charge on any atom is 0.156 e. The molecule has 8 heteroatoms. The van der Waals surface area contributed by atoms with E-state index < -0.39 is 0 Å². The van der Waals surface area contributed by atoms with E-state index in [4.69, 9.17) is 0 Å². The Balaban J connectivity index is 0.000000636. The molecule has 0 aliphatic carbocycles.